The number of aryl methyl sites for hydroxylation is 1. The smallest absolute Gasteiger partial charge is 0.279 e. The van der Waals surface area contributed by atoms with Crippen LogP contribution in [-0.4, -0.2) is 51.5 Å². The summed E-state index contributed by atoms with van der Waals surface area (Å²) in [5.74, 6) is 0.897. The van der Waals surface area contributed by atoms with Gasteiger partial charge in [0, 0.05) is 26.2 Å². The number of sulfonamides is 1. The van der Waals surface area contributed by atoms with Crippen molar-refractivity contribution in [2.24, 2.45) is 4.99 Å². The van der Waals surface area contributed by atoms with Gasteiger partial charge in [-0.25, -0.2) is 12.7 Å². The number of amides is 1. The Bertz CT molecular complexity index is 1270. The molecule has 8 nitrogen and oxygen atoms in total. The van der Waals surface area contributed by atoms with Crippen LogP contribution < -0.4 is 14.3 Å². The van der Waals surface area contributed by atoms with Crippen molar-refractivity contribution in [3.05, 3.63) is 46.8 Å². The minimum Gasteiger partial charge on any atom is -0.495 e. The zero-order valence-electron chi connectivity index (χ0n) is 18.1. The van der Waals surface area contributed by atoms with E-state index in [1.165, 1.54) is 49.7 Å². The SMILES string of the molecule is CCCn1c(=NC(=O)c2ccc(S(=O)(=O)N(C)C)cc2)sc2c(OC)ccc(OC)c21. The largest absolute Gasteiger partial charge is 0.495 e. The van der Waals surface area contributed by atoms with Gasteiger partial charge in [0.2, 0.25) is 10.0 Å². The molecule has 0 aliphatic carbocycles. The Balaban J connectivity index is 2.12. The van der Waals surface area contributed by atoms with Crippen molar-refractivity contribution in [3.8, 4) is 11.5 Å². The molecule has 0 spiro atoms. The van der Waals surface area contributed by atoms with E-state index in [1.807, 2.05) is 23.6 Å². The molecule has 10 heteroatoms. The maximum atomic E-state index is 12.9. The van der Waals surface area contributed by atoms with Gasteiger partial charge in [-0.15, -0.1) is 0 Å². The first-order valence-corrected chi connectivity index (χ1v) is 11.9. The highest BCUT2D eigenvalue weighted by molar-refractivity contribution is 7.89. The Hall–Kier alpha value is -2.69. The number of hydrogen-bond donors (Lipinski definition) is 0. The molecule has 1 heterocycles. The monoisotopic (exact) mass is 463 g/mol. The van der Waals surface area contributed by atoms with Crippen molar-refractivity contribution in [2.75, 3.05) is 28.3 Å². The van der Waals surface area contributed by atoms with Gasteiger partial charge in [-0.1, -0.05) is 18.3 Å². The van der Waals surface area contributed by atoms with E-state index in [1.54, 1.807) is 14.2 Å². The van der Waals surface area contributed by atoms with E-state index < -0.39 is 15.9 Å². The molecule has 0 aliphatic rings. The van der Waals surface area contributed by atoms with Crippen LogP contribution in [0, 0.1) is 0 Å². The molecule has 0 saturated heterocycles. The summed E-state index contributed by atoms with van der Waals surface area (Å²) < 4.78 is 39.4. The number of rotatable bonds is 7. The van der Waals surface area contributed by atoms with Crippen molar-refractivity contribution < 1.29 is 22.7 Å². The van der Waals surface area contributed by atoms with Crippen molar-refractivity contribution in [2.45, 2.75) is 24.8 Å². The third kappa shape index (κ3) is 4.36. The number of aromatic nitrogens is 1. The van der Waals surface area contributed by atoms with Gasteiger partial charge in [-0.2, -0.15) is 4.99 Å². The van der Waals surface area contributed by atoms with Gasteiger partial charge in [0.05, 0.1) is 19.1 Å². The average Bonchev–Trinajstić information content (AvgIpc) is 3.11. The standard InChI is InChI=1S/C21H25N3O5S2/c1-6-13-24-18-16(28-4)11-12-17(29-5)19(18)30-21(24)22-20(25)14-7-9-15(10-8-14)31(26,27)23(2)3/h7-12H,6,13H2,1-5H3. The van der Waals surface area contributed by atoms with Gasteiger partial charge >= 0.3 is 0 Å². The minimum absolute atomic E-state index is 0.117. The summed E-state index contributed by atoms with van der Waals surface area (Å²) in [6.07, 6.45) is 0.838. The van der Waals surface area contributed by atoms with Crippen LogP contribution in [0.25, 0.3) is 10.2 Å². The van der Waals surface area contributed by atoms with Crippen LogP contribution in [0.1, 0.15) is 23.7 Å². The van der Waals surface area contributed by atoms with Gasteiger partial charge in [0.1, 0.15) is 21.7 Å². The number of carbonyl (C=O) groups is 1. The van der Waals surface area contributed by atoms with Crippen LogP contribution in [-0.2, 0) is 16.6 Å². The molecule has 2 aromatic carbocycles. The molecule has 1 amide bonds. The first kappa shape index (κ1) is 23.0. The third-order valence-corrected chi connectivity index (χ3v) is 7.64. The number of nitrogens with zero attached hydrogens (tertiary/aromatic N) is 3. The molecule has 166 valence electrons. The fraction of sp³-hybridized carbons (Fsp3) is 0.333. The summed E-state index contributed by atoms with van der Waals surface area (Å²) in [5, 5.41) is 0. The molecule has 1 aromatic heterocycles. The molecule has 3 aromatic rings. The van der Waals surface area contributed by atoms with Gasteiger partial charge in [-0.05, 0) is 42.8 Å². The first-order chi connectivity index (χ1) is 14.7. The second-order valence-corrected chi connectivity index (χ2v) is 10.0. The number of fused-ring (bicyclic) bond motifs is 1. The fourth-order valence-electron chi connectivity index (χ4n) is 3.10. The van der Waals surface area contributed by atoms with Gasteiger partial charge in [0.15, 0.2) is 4.80 Å². The predicted molar refractivity (Wildman–Crippen MR) is 120 cm³/mol. The van der Waals surface area contributed by atoms with Crippen molar-refractivity contribution in [1.82, 2.24) is 8.87 Å². The van der Waals surface area contributed by atoms with Crippen LogP contribution in [0.2, 0.25) is 0 Å². The quantitative estimate of drug-likeness (QED) is 0.537. The third-order valence-electron chi connectivity index (χ3n) is 4.72. The lowest BCUT2D eigenvalue weighted by Gasteiger charge is -2.11. The Kier molecular flexibility index (Phi) is 6.83. The van der Waals surface area contributed by atoms with Crippen molar-refractivity contribution in [3.63, 3.8) is 0 Å². The molecule has 0 saturated carbocycles. The van der Waals surface area contributed by atoms with Crippen LogP contribution in [0.15, 0.2) is 46.3 Å². The number of hydrogen-bond acceptors (Lipinski definition) is 6. The lowest BCUT2D eigenvalue weighted by atomic mass is 10.2. The highest BCUT2D eigenvalue weighted by Gasteiger charge is 2.19. The van der Waals surface area contributed by atoms with Crippen LogP contribution in [0.3, 0.4) is 0 Å². The van der Waals surface area contributed by atoms with Gasteiger partial charge in [0.25, 0.3) is 5.91 Å². The zero-order valence-corrected chi connectivity index (χ0v) is 19.7. The summed E-state index contributed by atoms with van der Waals surface area (Å²) in [6, 6.07) is 9.42. The normalized spacial score (nSPS) is 12.5. The zero-order chi connectivity index (χ0) is 22.8. The number of carbonyl (C=O) groups excluding carboxylic acids is 1. The summed E-state index contributed by atoms with van der Waals surface area (Å²) in [4.78, 5) is 17.8. The summed E-state index contributed by atoms with van der Waals surface area (Å²) in [6.45, 7) is 2.69. The van der Waals surface area contributed by atoms with E-state index in [0.717, 1.165) is 20.9 Å². The average molecular weight is 464 g/mol. The van der Waals surface area contributed by atoms with Gasteiger partial charge < -0.3 is 14.0 Å². The molecule has 0 radical (unpaired) electrons. The predicted octanol–water partition coefficient (Wildman–Crippen LogP) is 3.12. The second kappa shape index (κ2) is 9.21. The molecule has 0 N–H and O–H groups in total. The van der Waals surface area contributed by atoms with Crippen LogP contribution >= 0.6 is 11.3 Å². The Morgan fingerprint density at radius 3 is 2.23 bits per heavy atom. The lowest BCUT2D eigenvalue weighted by molar-refractivity contribution is 0.0997. The fourth-order valence-corrected chi connectivity index (χ4v) is 5.17. The summed E-state index contributed by atoms with van der Waals surface area (Å²) >= 11 is 1.35. The Morgan fingerprint density at radius 2 is 1.68 bits per heavy atom. The highest BCUT2D eigenvalue weighted by atomic mass is 32.2. The maximum Gasteiger partial charge on any atom is 0.279 e. The molecule has 0 aliphatic heterocycles. The molecule has 0 bridgehead atoms. The van der Waals surface area contributed by atoms with Crippen molar-refractivity contribution in [1.29, 1.82) is 0 Å². The van der Waals surface area contributed by atoms with E-state index in [9.17, 15) is 13.2 Å². The van der Waals surface area contributed by atoms with E-state index in [-0.39, 0.29) is 4.90 Å². The maximum absolute atomic E-state index is 12.9. The molecule has 3 rings (SSSR count). The number of benzene rings is 2. The van der Waals surface area contributed by atoms with Gasteiger partial charge in [-0.3, -0.25) is 4.79 Å². The molecular weight excluding hydrogens is 438 g/mol. The Labute approximate surface area is 185 Å². The summed E-state index contributed by atoms with van der Waals surface area (Å²) in [7, 11) is 2.55. The van der Waals surface area contributed by atoms with E-state index in [2.05, 4.69) is 4.99 Å². The molecule has 0 unspecified atom stereocenters. The van der Waals surface area contributed by atoms with Crippen LogP contribution in [0.4, 0.5) is 0 Å². The Morgan fingerprint density at radius 1 is 1.06 bits per heavy atom. The van der Waals surface area contributed by atoms with E-state index >= 15 is 0 Å². The van der Waals surface area contributed by atoms with Crippen LogP contribution in [0.5, 0.6) is 11.5 Å². The molecule has 31 heavy (non-hydrogen) atoms. The lowest BCUT2D eigenvalue weighted by Crippen LogP contribution is -2.22. The highest BCUT2D eigenvalue weighted by Crippen LogP contribution is 2.35. The number of thiazole rings is 1. The number of methoxy groups -OCH3 is 2. The first-order valence-electron chi connectivity index (χ1n) is 9.60. The number of ether oxygens (including phenoxy) is 2. The summed E-state index contributed by atoms with van der Waals surface area (Å²) in [5.41, 5.74) is 1.13. The second-order valence-electron chi connectivity index (χ2n) is 6.91. The minimum atomic E-state index is -3.56. The van der Waals surface area contributed by atoms with E-state index in [4.69, 9.17) is 9.47 Å². The molecule has 0 atom stereocenters. The van der Waals surface area contributed by atoms with E-state index in [0.29, 0.717) is 28.4 Å². The molecule has 0 fully saturated rings. The molecular formula is C21H25N3O5S2. The topological polar surface area (TPSA) is 90.2 Å². The van der Waals surface area contributed by atoms with Crippen molar-refractivity contribution >= 4 is 37.5 Å².